The molecule has 1 saturated carbocycles. The molecule has 0 saturated heterocycles. The number of alkyl carbamates (subject to hydrolysis) is 1. The van der Waals surface area contributed by atoms with E-state index in [0.717, 1.165) is 34.8 Å². The largest absolute Gasteiger partial charge is 0.444 e. The van der Waals surface area contributed by atoms with Crippen molar-refractivity contribution in [3.63, 3.8) is 0 Å². The minimum absolute atomic E-state index is 0.142. The highest BCUT2D eigenvalue weighted by Crippen LogP contribution is 2.39. The molecule has 1 amide bonds. The van der Waals surface area contributed by atoms with E-state index < -0.39 is 5.60 Å². The number of ether oxygens (including phenoxy) is 1. The molecular weight excluding hydrogens is 422 g/mol. The zero-order valence-electron chi connectivity index (χ0n) is 15.1. The van der Waals surface area contributed by atoms with Crippen LogP contribution in [-0.2, 0) is 4.74 Å². The van der Waals surface area contributed by atoms with Crippen molar-refractivity contribution < 1.29 is 9.53 Å². The van der Waals surface area contributed by atoms with Crippen LogP contribution in [0.5, 0.6) is 0 Å². The first-order valence-electron chi connectivity index (χ1n) is 8.60. The summed E-state index contributed by atoms with van der Waals surface area (Å²) in [5.41, 5.74) is 6.24. The lowest BCUT2D eigenvalue weighted by atomic mass is 10.1. The van der Waals surface area contributed by atoms with Crippen LogP contribution in [0.2, 0.25) is 5.28 Å². The summed E-state index contributed by atoms with van der Waals surface area (Å²) >= 11 is 9.52. The third-order valence-electron chi connectivity index (χ3n) is 4.47. The van der Waals surface area contributed by atoms with Gasteiger partial charge < -0.3 is 20.4 Å². The monoisotopic (exact) mass is 443 g/mol. The van der Waals surface area contributed by atoms with Crippen molar-refractivity contribution in [1.29, 1.82) is 0 Å². The maximum absolute atomic E-state index is 11.8. The van der Waals surface area contributed by atoms with E-state index in [1.807, 2.05) is 27.0 Å². The Balaban J connectivity index is 1.68. The molecule has 0 aliphatic heterocycles. The number of aromatic nitrogens is 3. The van der Waals surface area contributed by atoms with Gasteiger partial charge in [-0.15, -0.1) is 0 Å². The van der Waals surface area contributed by atoms with E-state index in [1.165, 1.54) is 0 Å². The standard InChI is InChI=1S/C17H23BrClN5O2/c1-17(2,3)26-16(25)21-7-9-4-5-10(6-9)24-8-11(18)12-13(20)22-15(19)23-14(12)24/h8-10H,4-7H2,1-3H3,(H,21,25)(H2,20,22,23)/t9?,10-/m0/s1. The Morgan fingerprint density at radius 2 is 2.19 bits per heavy atom. The number of amides is 1. The highest BCUT2D eigenvalue weighted by atomic mass is 79.9. The first-order valence-corrected chi connectivity index (χ1v) is 9.77. The van der Waals surface area contributed by atoms with Gasteiger partial charge in [-0.25, -0.2) is 9.78 Å². The van der Waals surface area contributed by atoms with Crippen molar-refractivity contribution in [2.75, 3.05) is 12.3 Å². The molecular formula is C17H23BrClN5O2. The van der Waals surface area contributed by atoms with Crippen molar-refractivity contribution >= 4 is 50.5 Å². The molecule has 3 N–H and O–H groups in total. The molecule has 0 bridgehead atoms. The van der Waals surface area contributed by atoms with E-state index >= 15 is 0 Å². The fraction of sp³-hybridized carbons (Fsp3) is 0.588. The van der Waals surface area contributed by atoms with Gasteiger partial charge in [0, 0.05) is 23.3 Å². The van der Waals surface area contributed by atoms with Crippen LogP contribution in [0.3, 0.4) is 0 Å². The number of hydrogen-bond acceptors (Lipinski definition) is 5. The Morgan fingerprint density at radius 3 is 2.88 bits per heavy atom. The zero-order chi connectivity index (χ0) is 19.1. The van der Waals surface area contributed by atoms with Crippen molar-refractivity contribution in [3.8, 4) is 0 Å². The Bertz CT molecular complexity index is 833. The fourth-order valence-corrected chi connectivity index (χ4v) is 4.18. The van der Waals surface area contributed by atoms with E-state index in [1.54, 1.807) is 0 Å². The third-order valence-corrected chi connectivity index (χ3v) is 5.24. The SMILES string of the molecule is CC(C)(C)OC(=O)NCC1CC[C@H](n2cc(Br)c3c(N)nc(Cl)nc32)C1. The number of rotatable bonds is 3. The van der Waals surface area contributed by atoms with E-state index in [2.05, 4.69) is 35.8 Å². The van der Waals surface area contributed by atoms with Crippen molar-refractivity contribution in [1.82, 2.24) is 19.9 Å². The number of carbonyl (C=O) groups excluding carboxylic acids is 1. The Hall–Kier alpha value is -1.54. The molecule has 26 heavy (non-hydrogen) atoms. The molecule has 9 heteroatoms. The number of anilines is 1. The normalized spacial score (nSPS) is 20.5. The summed E-state index contributed by atoms with van der Waals surface area (Å²) in [6.07, 6.45) is 4.57. The molecule has 0 aromatic carbocycles. The highest BCUT2D eigenvalue weighted by molar-refractivity contribution is 9.10. The quantitative estimate of drug-likeness (QED) is 0.688. The minimum atomic E-state index is -0.489. The van der Waals surface area contributed by atoms with Crippen molar-refractivity contribution in [3.05, 3.63) is 16.0 Å². The summed E-state index contributed by atoms with van der Waals surface area (Å²) in [4.78, 5) is 20.2. The van der Waals surface area contributed by atoms with Gasteiger partial charge in [0.2, 0.25) is 5.28 Å². The summed E-state index contributed by atoms with van der Waals surface area (Å²) < 4.78 is 8.26. The molecule has 1 fully saturated rings. The molecule has 0 spiro atoms. The van der Waals surface area contributed by atoms with Crippen LogP contribution in [-0.4, -0.2) is 32.8 Å². The number of hydrogen-bond donors (Lipinski definition) is 2. The van der Waals surface area contributed by atoms with Gasteiger partial charge >= 0.3 is 6.09 Å². The minimum Gasteiger partial charge on any atom is -0.444 e. The number of nitrogens with zero attached hydrogens (tertiary/aromatic N) is 3. The molecule has 1 unspecified atom stereocenters. The summed E-state index contributed by atoms with van der Waals surface area (Å²) in [6.45, 7) is 6.16. The number of nitrogens with one attached hydrogen (secondary N) is 1. The average molecular weight is 445 g/mol. The van der Waals surface area contributed by atoms with Crippen LogP contribution >= 0.6 is 27.5 Å². The molecule has 0 radical (unpaired) electrons. The zero-order valence-corrected chi connectivity index (χ0v) is 17.4. The van der Waals surface area contributed by atoms with Gasteiger partial charge in [0.25, 0.3) is 0 Å². The fourth-order valence-electron chi connectivity index (χ4n) is 3.41. The molecule has 2 heterocycles. The second-order valence-corrected chi connectivity index (χ2v) is 8.87. The summed E-state index contributed by atoms with van der Waals surface area (Å²) in [5, 5.41) is 3.79. The molecule has 3 rings (SSSR count). The Labute approximate surface area is 165 Å². The van der Waals surface area contributed by atoms with Crippen LogP contribution in [0.4, 0.5) is 10.6 Å². The summed E-state index contributed by atoms with van der Waals surface area (Å²) in [6, 6.07) is 0.277. The van der Waals surface area contributed by atoms with Crippen LogP contribution in [0, 0.1) is 5.92 Å². The maximum atomic E-state index is 11.8. The molecule has 1 aliphatic rings. The lowest BCUT2D eigenvalue weighted by Gasteiger charge is -2.20. The van der Waals surface area contributed by atoms with Crippen molar-refractivity contribution in [2.45, 2.75) is 51.7 Å². The van der Waals surface area contributed by atoms with Crippen LogP contribution in [0.1, 0.15) is 46.1 Å². The molecule has 2 aromatic rings. The van der Waals surface area contributed by atoms with Crippen LogP contribution in [0.15, 0.2) is 10.7 Å². The Kier molecular flexibility index (Phi) is 5.35. The van der Waals surface area contributed by atoms with Gasteiger partial charge in [0.1, 0.15) is 17.1 Å². The van der Waals surface area contributed by atoms with Crippen molar-refractivity contribution in [2.24, 2.45) is 5.92 Å². The number of fused-ring (bicyclic) bond motifs is 1. The number of nitrogen functional groups attached to an aromatic ring is 1. The molecule has 1 aliphatic carbocycles. The predicted molar refractivity (Wildman–Crippen MR) is 105 cm³/mol. The van der Waals surface area contributed by atoms with E-state index in [0.29, 0.717) is 18.3 Å². The summed E-state index contributed by atoms with van der Waals surface area (Å²) in [5.74, 6) is 0.755. The number of nitrogens with two attached hydrogens (primary N) is 1. The molecule has 2 atom stereocenters. The molecule has 142 valence electrons. The Morgan fingerprint density at radius 1 is 1.46 bits per heavy atom. The smallest absolute Gasteiger partial charge is 0.407 e. The predicted octanol–water partition coefficient (Wildman–Crippen LogP) is 4.30. The van der Waals surface area contributed by atoms with E-state index in [-0.39, 0.29) is 17.4 Å². The maximum Gasteiger partial charge on any atom is 0.407 e. The van der Waals surface area contributed by atoms with Gasteiger partial charge in [-0.05, 0) is 73.5 Å². The third kappa shape index (κ3) is 4.23. The summed E-state index contributed by atoms with van der Waals surface area (Å²) in [7, 11) is 0. The van der Waals surface area contributed by atoms with Gasteiger partial charge in [0.05, 0.1) is 5.39 Å². The molecule has 2 aromatic heterocycles. The number of carbonyl (C=O) groups is 1. The van der Waals surface area contributed by atoms with Gasteiger partial charge in [-0.3, -0.25) is 0 Å². The van der Waals surface area contributed by atoms with Gasteiger partial charge in [-0.1, -0.05) is 0 Å². The first-order chi connectivity index (χ1) is 12.1. The number of halogens is 2. The van der Waals surface area contributed by atoms with E-state index in [9.17, 15) is 4.79 Å². The lowest BCUT2D eigenvalue weighted by Crippen LogP contribution is -2.34. The lowest BCUT2D eigenvalue weighted by molar-refractivity contribution is 0.0519. The van der Waals surface area contributed by atoms with E-state index in [4.69, 9.17) is 22.1 Å². The van der Waals surface area contributed by atoms with Crippen LogP contribution in [0.25, 0.3) is 11.0 Å². The highest BCUT2D eigenvalue weighted by Gasteiger charge is 2.29. The van der Waals surface area contributed by atoms with Crippen LogP contribution < -0.4 is 11.1 Å². The first kappa shape index (κ1) is 19.2. The van der Waals surface area contributed by atoms with Gasteiger partial charge in [-0.2, -0.15) is 4.98 Å². The second-order valence-electron chi connectivity index (χ2n) is 7.68. The molecule has 7 nitrogen and oxygen atoms in total. The topological polar surface area (TPSA) is 95.1 Å². The second kappa shape index (κ2) is 7.23. The average Bonchev–Trinajstić information content (AvgIpc) is 3.08. The van der Waals surface area contributed by atoms with Gasteiger partial charge in [0.15, 0.2) is 0 Å².